The zero-order chi connectivity index (χ0) is 49.6. The van der Waals surface area contributed by atoms with Crippen LogP contribution >= 0.6 is 0 Å². The summed E-state index contributed by atoms with van der Waals surface area (Å²) in [6, 6.07) is 23.1. The summed E-state index contributed by atoms with van der Waals surface area (Å²) >= 11 is 0. The Balaban J connectivity index is 0.784. The topological polar surface area (TPSA) is 205 Å². The number of fused-ring (bicyclic) bond motifs is 2. The summed E-state index contributed by atoms with van der Waals surface area (Å²) in [4.78, 5) is 104. The van der Waals surface area contributed by atoms with Crippen LogP contribution in [-0.2, 0) is 24.0 Å². The molecule has 9 amide bonds. The molecule has 6 aliphatic rings. The Kier molecular flexibility index (Phi) is 15.5. The smallest absolute Gasteiger partial charge is 0.321 e. The first-order valence-electron chi connectivity index (χ1n) is 26.0. The average Bonchev–Trinajstić information content (AvgIpc) is 4.21. The Labute approximate surface area is 416 Å². The molecule has 0 aromatic heterocycles. The van der Waals surface area contributed by atoms with E-state index in [1.807, 2.05) is 36.4 Å². The van der Waals surface area contributed by atoms with Crippen molar-refractivity contribution in [2.75, 3.05) is 43.9 Å². The van der Waals surface area contributed by atoms with E-state index in [0.29, 0.717) is 56.4 Å². The molecule has 9 rings (SSSR count). The van der Waals surface area contributed by atoms with Gasteiger partial charge in [0.15, 0.2) is 0 Å². The van der Waals surface area contributed by atoms with E-state index < -0.39 is 36.1 Å². The molecule has 6 fully saturated rings. The van der Waals surface area contributed by atoms with Crippen LogP contribution in [0.3, 0.4) is 0 Å². The molecular weight excluding hydrogens is 901 g/mol. The Morgan fingerprint density at radius 2 is 1.04 bits per heavy atom. The molecule has 10 atom stereocenters. The van der Waals surface area contributed by atoms with Crippen LogP contribution in [0.1, 0.15) is 113 Å². The first kappa shape index (κ1) is 49.5. The van der Waals surface area contributed by atoms with Gasteiger partial charge in [0, 0.05) is 73.4 Å². The highest BCUT2D eigenvalue weighted by Gasteiger charge is 2.47. The molecule has 0 bridgehead atoms. The lowest BCUT2D eigenvalue weighted by molar-refractivity contribution is -0.145. The van der Waals surface area contributed by atoms with Gasteiger partial charge in [0.1, 0.15) is 18.1 Å². The van der Waals surface area contributed by atoms with Crippen LogP contribution in [0.2, 0.25) is 0 Å². The van der Waals surface area contributed by atoms with Gasteiger partial charge in [-0.15, -0.1) is 0 Å². The van der Waals surface area contributed by atoms with Crippen molar-refractivity contribution >= 4 is 53.0 Å². The van der Waals surface area contributed by atoms with E-state index in [2.05, 4.69) is 56.2 Å². The Hall–Kier alpha value is -6.49. The van der Waals surface area contributed by atoms with Crippen LogP contribution in [0, 0.1) is 0 Å². The summed E-state index contributed by atoms with van der Waals surface area (Å²) in [5, 5.41) is 18.3. The minimum absolute atomic E-state index is 0.0351. The van der Waals surface area contributed by atoms with E-state index in [-0.39, 0.29) is 91.7 Å². The molecule has 17 heteroatoms. The summed E-state index contributed by atoms with van der Waals surface area (Å²) < 4.78 is 0. The van der Waals surface area contributed by atoms with E-state index in [0.717, 1.165) is 38.5 Å². The number of amides is 9. The number of carbonyl (C=O) groups is 7. The number of hydrogen-bond donors (Lipinski definition) is 6. The second kappa shape index (κ2) is 22.3. The molecule has 17 nitrogen and oxygen atoms in total. The van der Waals surface area contributed by atoms with Gasteiger partial charge in [-0.1, -0.05) is 73.5 Å². The molecule has 6 N–H and O–H groups in total. The molecule has 0 radical (unpaired) electrons. The normalized spacial score (nSPS) is 28.1. The SMILES string of the molecule is CN[C@@H](C)C(=O)N[C@H]1CN(C(=O)Nc2ccc(NC(=O)N3CCC(=O)N4[C@H](CC[C@H]4C(=O)N[C@@H]4CCC[C@@H]4c4ccccc4)CC3)cc2)CC[C@H]2CC[C@@H](C(=O)N[C@@H]3CCC[C@@H]3c3ccccc3)N2C1=O. The van der Waals surface area contributed by atoms with Gasteiger partial charge >= 0.3 is 12.1 Å². The van der Waals surface area contributed by atoms with Gasteiger partial charge in [0.25, 0.3) is 0 Å². The number of nitrogens with zero attached hydrogens (tertiary/aromatic N) is 4. The molecule has 2 saturated carbocycles. The van der Waals surface area contributed by atoms with Crippen LogP contribution in [-0.4, -0.2) is 143 Å². The highest BCUT2D eigenvalue weighted by molar-refractivity contribution is 5.96. The summed E-state index contributed by atoms with van der Waals surface area (Å²) in [6.45, 7) is 2.52. The highest BCUT2D eigenvalue weighted by Crippen LogP contribution is 2.38. The number of carbonyl (C=O) groups excluding carboxylic acids is 7. The number of urea groups is 2. The number of hydrogen-bond acceptors (Lipinski definition) is 8. The standard InChI is InChI=1S/C54H70N10O7/c1-34(55-2)49(66)60-45-33-62(31-28-40-24-26-47(64(40)52(45)69)51(68)59-44-18-10-16-42(44)36-13-7-4-8-14-36)54(71)57-38-21-19-37(20-22-38)56-53(70)61-30-27-39-23-25-46(63(39)48(65)29-32-61)50(67)58-43-17-9-15-41(43)35-11-5-3-6-12-35/h3-8,11-14,19-22,34,39-47,55H,9-10,15-18,23-33H2,1-2H3,(H,56,70)(H,57,71)(H,58,67)(H,59,68)(H,60,66)/t34-,39+,40+,41+,42+,43+,44+,45-,46-,47-/m0/s1. The third kappa shape index (κ3) is 11.2. The first-order valence-corrected chi connectivity index (χ1v) is 26.0. The average molecular weight is 971 g/mol. The van der Waals surface area contributed by atoms with Crippen molar-refractivity contribution in [1.82, 2.24) is 40.9 Å². The minimum Gasteiger partial charge on any atom is -0.351 e. The van der Waals surface area contributed by atoms with E-state index in [1.54, 1.807) is 52.9 Å². The second-order valence-corrected chi connectivity index (χ2v) is 20.4. The highest BCUT2D eigenvalue weighted by atomic mass is 16.2. The van der Waals surface area contributed by atoms with Crippen LogP contribution in [0.4, 0.5) is 21.0 Å². The molecule has 4 heterocycles. The van der Waals surface area contributed by atoms with Crippen LogP contribution in [0.15, 0.2) is 84.9 Å². The fourth-order valence-electron chi connectivity index (χ4n) is 12.2. The van der Waals surface area contributed by atoms with Crippen LogP contribution in [0.5, 0.6) is 0 Å². The summed E-state index contributed by atoms with van der Waals surface area (Å²) in [5.74, 6) is -0.702. The van der Waals surface area contributed by atoms with E-state index in [9.17, 15) is 33.6 Å². The fourth-order valence-corrected chi connectivity index (χ4v) is 12.2. The third-order valence-corrected chi connectivity index (χ3v) is 16.2. The molecule has 0 spiro atoms. The van der Waals surface area contributed by atoms with E-state index in [4.69, 9.17) is 0 Å². The van der Waals surface area contributed by atoms with Crippen LogP contribution in [0.25, 0.3) is 0 Å². The maximum atomic E-state index is 14.5. The van der Waals surface area contributed by atoms with Crippen molar-refractivity contribution in [2.24, 2.45) is 0 Å². The lowest BCUT2D eigenvalue weighted by Crippen LogP contribution is -2.62. The number of anilines is 2. The van der Waals surface area contributed by atoms with E-state index >= 15 is 0 Å². The number of rotatable bonds is 11. The largest absolute Gasteiger partial charge is 0.351 e. The van der Waals surface area contributed by atoms with Crippen molar-refractivity contribution in [3.8, 4) is 0 Å². The van der Waals surface area contributed by atoms with Gasteiger partial charge in [0.2, 0.25) is 29.5 Å². The maximum absolute atomic E-state index is 14.5. The van der Waals surface area contributed by atoms with Gasteiger partial charge < -0.3 is 51.5 Å². The van der Waals surface area contributed by atoms with Gasteiger partial charge in [-0.05, 0) is 114 Å². The zero-order valence-electron chi connectivity index (χ0n) is 41.0. The van der Waals surface area contributed by atoms with Crippen LogP contribution < -0.4 is 31.9 Å². The predicted molar refractivity (Wildman–Crippen MR) is 269 cm³/mol. The van der Waals surface area contributed by atoms with Crippen molar-refractivity contribution in [3.63, 3.8) is 0 Å². The summed E-state index contributed by atoms with van der Waals surface area (Å²) in [6.07, 6.45) is 9.34. The maximum Gasteiger partial charge on any atom is 0.321 e. The van der Waals surface area contributed by atoms with Gasteiger partial charge in [-0.2, -0.15) is 0 Å². The molecule has 71 heavy (non-hydrogen) atoms. The second-order valence-electron chi connectivity index (χ2n) is 20.4. The molecule has 0 unspecified atom stereocenters. The van der Waals surface area contributed by atoms with Crippen molar-refractivity contribution in [3.05, 3.63) is 96.1 Å². The predicted octanol–water partition coefficient (Wildman–Crippen LogP) is 5.27. The van der Waals surface area contributed by atoms with Gasteiger partial charge in [-0.3, -0.25) is 24.0 Å². The van der Waals surface area contributed by atoms with E-state index in [1.165, 1.54) is 16.0 Å². The number of benzene rings is 3. The minimum atomic E-state index is -1.09. The Morgan fingerprint density at radius 1 is 0.549 bits per heavy atom. The third-order valence-electron chi connectivity index (χ3n) is 16.2. The summed E-state index contributed by atoms with van der Waals surface area (Å²) in [5.41, 5.74) is 3.39. The lowest BCUT2D eigenvalue weighted by Gasteiger charge is -2.39. The quantitative estimate of drug-likeness (QED) is 0.149. The van der Waals surface area contributed by atoms with Gasteiger partial charge in [0.05, 0.1) is 12.6 Å². The Bertz CT molecular complexity index is 2410. The molecule has 2 aliphatic carbocycles. The summed E-state index contributed by atoms with van der Waals surface area (Å²) in [7, 11) is 1.65. The molecular formula is C54H70N10O7. The monoisotopic (exact) mass is 971 g/mol. The van der Waals surface area contributed by atoms with Gasteiger partial charge in [-0.25, -0.2) is 9.59 Å². The number of nitrogens with one attached hydrogen (secondary N) is 6. The Morgan fingerprint density at radius 3 is 1.58 bits per heavy atom. The lowest BCUT2D eigenvalue weighted by atomic mass is 9.94. The number of likely N-dealkylation sites (N-methyl/N-ethyl adjacent to an activating group) is 1. The first-order chi connectivity index (χ1) is 34.4. The molecule has 3 aromatic carbocycles. The molecule has 4 saturated heterocycles. The fraction of sp³-hybridized carbons (Fsp3) is 0.537. The zero-order valence-corrected chi connectivity index (χ0v) is 41.0. The molecule has 3 aromatic rings. The van der Waals surface area contributed by atoms with Crippen molar-refractivity contribution in [2.45, 2.75) is 151 Å². The molecule has 4 aliphatic heterocycles. The van der Waals surface area contributed by atoms with Crippen molar-refractivity contribution < 1.29 is 33.6 Å². The van der Waals surface area contributed by atoms with Crippen molar-refractivity contribution in [1.29, 1.82) is 0 Å². The molecule has 378 valence electrons.